The molecule has 0 aromatic heterocycles. The highest BCUT2D eigenvalue weighted by Gasteiger charge is 2.19. The molecule has 0 aliphatic carbocycles. The molecule has 5 heteroatoms. The summed E-state index contributed by atoms with van der Waals surface area (Å²) in [4.78, 5) is 24.1. The fourth-order valence-electron chi connectivity index (χ4n) is 1.56. The van der Waals surface area contributed by atoms with Gasteiger partial charge in [0, 0.05) is 18.7 Å². The van der Waals surface area contributed by atoms with Gasteiger partial charge in [0.15, 0.2) is 6.61 Å². The average Bonchev–Trinajstić information content (AvgIpc) is 2.29. The maximum absolute atomic E-state index is 12.8. The molecule has 18 heavy (non-hydrogen) atoms. The molecule has 0 aliphatic heterocycles. The van der Waals surface area contributed by atoms with Gasteiger partial charge in [-0.3, -0.25) is 9.59 Å². The maximum atomic E-state index is 12.8. The van der Waals surface area contributed by atoms with Crippen molar-refractivity contribution in [2.45, 2.75) is 26.8 Å². The summed E-state index contributed by atoms with van der Waals surface area (Å²) < 4.78 is 17.5. The van der Waals surface area contributed by atoms with Gasteiger partial charge in [0.25, 0.3) is 5.91 Å². The van der Waals surface area contributed by atoms with Gasteiger partial charge in [-0.15, -0.1) is 0 Å². The summed E-state index contributed by atoms with van der Waals surface area (Å²) in [7, 11) is 0. The molecule has 1 aromatic carbocycles. The van der Waals surface area contributed by atoms with Crippen molar-refractivity contribution in [3.05, 3.63) is 30.1 Å². The van der Waals surface area contributed by atoms with E-state index in [2.05, 4.69) is 4.74 Å². The van der Waals surface area contributed by atoms with E-state index < -0.39 is 5.97 Å². The van der Waals surface area contributed by atoms with E-state index in [0.717, 1.165) is 0 Å². The van der Waals surface area contributed by atoms with Crippen molar-refractivity contribution in [2.75, 3.05) is 11.5 Å². The van der Waals surface area contributed by atoms with Gasteiger partial charge in [-0.2, -0.15) is 0 Å². The number of hydrogen-bond acceptors (Lipinski definition) is 3. The first kappa shape index (κ1) is 14.2. The number of ether oxygens (including phenoxy) is 1. The highest BCUT2D eigenvalue weighted by atomic mass is 19.1. The molecule has 0 heterocycles. The predicted molar refractivity (Wildman–Crippen MR) is 65.7 cm³/mol. The summed E-state index contributed by atoms with van der Waals surface area (Å²) >= 11 is 0. The monoisotopic (exact) mass is 253 g/mol. The van der Waals surface area contributed by atoms with Crippen LogP contribution in [-0.4, -0.2) is 24.5 Å². The van der Waals surface area contributed by atoms with Crippen LogP contribution in [0.5, 0.6) is 0 Å². The Bertz CT molecular complexity index is 428. The Morgan fingerprint density at radius 1 is 1.28 bits per heavy atom. The van der Waals surface area contributed by atoms with Gasteiger partial charge in [-0.25, -0.2) is 4.39 Å². The molecule has 1 aromatic rings. The third-order valence-corrected chi connectivity index (χ3v) is 2.29. The summed E-state index contributed by atoms with van der Waals surface area (Å²) in [5, 5.41) is 0. The molecule has 0 spiro atoms. The smallest absolute Gasteiger partial charge is 0.303 e. The fourth-order valence-corrected chi connectivity index (χ4v) is 1.56. The average molecular weight is 253 g/mol. The van der Waals surface area contributed by atoms with E-state index in [-0.39, 0.29) is 24.4 Å². The minimum absolute atomic E-state index is 0.112. The molecule has 0 saturated carbocycles. The Kier molecular flexibility index (Phi) is 4.83. The van der Waals surface area contributed by atoms with E-state index in [0.29, 0.717) is 5.69 Å². The number of benzene rings is 1. The van der Waals surface area contributed by atoms with Crippen LogP contribution in [0.15, 0.2) is 24.3 Å². The lowest BCUT2D eigenvalue weighted by Crippen LogP contribution is -2.39. The van der Waals surface area contributed by atoms with Crippen LogP contribution >= 0.6 is 0 Å². The number of hydrogen-bond donors (Lipinski definition) is 0. The molecule has 0 unspecified atom stereocenters. The number of anilines is 1. The van der Waals surface area contributed by atoms with Crippen molar-refractivity contribution in [2.24, 2.45) is 0 Å². The highest BCUT2D eigenvalue weighted by Crippen LogP contribution is 2.18. The zero-order valence-electron chi connectivity index (χ0n) is 10.6. The molecule has 1 rings (SSSR count). The van der Waals surface area contributed by atoms with Gasteiger partial charge < -0.3 is 9.64 Å². The number of nitrogens with zero attached hydrogens (tertiary/aromatic N) is 1. The zero-order chi connectivity index (χ0) is 13.7. The molecule has 0 N–H and O–H groups in total. The fraction of sp³-hybridized carbons (Fsp3) is 0.385. The zero-order valence-corrected chi connectivity index (χ0v) is 10.6. The molecular weight excluding hydrogens is 237 g/mol. The summed E-state index contributed by atoms with van der Waals surface area (Å²) in [6.07, 6.45) is 0. The third-order valence-electron chi connectivity index (χ3n) is 2.29. The quantitative estimate of drug-likeness (QED) is 0.772. The first-order valence-electron chi connectivity index (χ1n) is 5.63. The molecule has 0 fully saturated rings. The minimum Gasteiger partial charge on any atom is -0.456 e. The van der Waals surface area contributed by atoms with Crippen LogP contribution in [-0.2, 0) is 14.3 Å². The Balaban J connectivity index is 2.85. The number of carbonyl (C=O) groups is 2. The van der Waals surface area contributed by atoms with Crippen LogP contribution in [0.1, 0.15) is 20.8 Å². The van der Waals surface area contributed by atoms with Crippen molar-refractivity contribution in [3.8, 4) is 0 Å². The Morgan fingerprint density at radius 2 is 1.83 bits per heavy atom. The Morgan fingerprint density at radius 3 is 2.28 bits per heavy atom. The van der Waals surface area contributed by atoms with Crippen LogP contribution < -0.4 is 4.90 Å². The lowest BCUT2D eigenvalue weighted by molar-refractivity contribution is -0.145. The SMILES string of the molecule is CC(=O)OCC(=O)N(c1ccc(F)cc1)C(C)C. The molecule has 1 amide bonds. The number of halogens is 1. The minimum atomic E-state index is -0.508. The first-order chi connectivity index (χ1) is 8.41. The third kappa shape index (κ3) is 3.84. The van der Waals surface area contributed by atoms with Crippen LogP contribution in [0.2, 0.25) is 0 Å². The first-order valence-corrected chi connectivity index (χ1v) is 5.63. The lowest BCUT2D eigenvalue weighted by atomic mass is 10.2. The van der Waals surface area contributed by atoms with Crippen molar-refractivity contribution in [3.63, 3.8) is 0 Å². The maximum Gasteiger partial charge on any atom is 0.303 e. The largest absolute Gasteiger partial charge is 0.456 e. The molecule has 0 atom stereocenters. The number of esters is 1. The highest BCUT2D eigenvalue weighted by molar-refractivity contribution is 5.95. The predicted octanol–water partition coefficient (Wildman–Crippen LogP) is 2.13. The van der Waals surface area contributed by atoms with Crippen molar-refractivity contribution < 1.29 is 18.7 Å². The molecule has 0 aliphatic rings. The van der Waals surface area contributed by atoms with E-state index in [1.165, 1.54) is 36.1 Å². The van der Waals surface area contributed by atoms with Gasteiger partial charge in [0.2, 0.25) is 0 Å². The van der Waals surface area contributed by atoms with Crippen LogP contribution in [0.25, 0.3) is 0 Å². The summed E-state index contributed by atoms with van der Waals surface area (Å²) in [5.41, 5.74) is 0.573. The van der Waals surface area contributed by atoms with Crippen LogP contribution in [0.3, 0.4) is 0 Å². The second-order valence-electron chi connectivity index (χ2n) is 4.11. The standard InChI is InChI=1S/C13H16FNO3/c1-9(2)15(13(17)8-18-10(3)16)12-6-4-11(14)5-7-12/h4-7,9H,8H2,1-3H3. The molecule has 0 saturated heterocycles. The number of carbonyl (C=O) groups excluding carboxylic acids is 2. The van der Waals surface area contributed by atoms with Gasteiger partial charge in [0.1, 0.15) is 5.82 Å². The van der Waals surface area contributed by atoms with Gasteiger partial charge >= 0.3 is 5.97 Å². The van der Waals surface area contributed by atoms with Gasteiger partial charge in [-0.1, -0.05) is 0 Å². The molecule has 4 nitrogen and oxygen atoms in total. The number of amides is 1. The van der Waals surface area contributed by atoms with E-state index in [1.807, 2.05) is 13.8 Å². The summed E-state index contributed by atoms with van der Waals surface area (Å²) in [6.45, 7) is 4.58. The van der Waals surface area contributed by atoms with Gasteiger partial charge in [-0.05, 0) is 38.1 Å². The topological polar surface area (TPSA) is 46.6 Å². The van der Waals surface area contributed by atoms with Crippen molar-refractivity contribution >= 4 is 17.6 Å². The summed E-state index contributed by atoms with van der Waals surface area (Å²) in [5.74, 6) is -1.21. The van der Waals surface area contributed by atoms with E-state index in [9.17, 15) is 14.0 Å². The Hall–Kier alpha value is -1.91. The van der Waals surface area contributed by atoms with Crippen LogP contribution in [0.4, 0.5) is 10.1 Å². The number of rotatable bonds is 4. The summed E-state index contributed by atoms with van der Waals surface area (Å²) in [6, 6.07) is 5.48. The van der Waals surface area contributed by atoms with Crippen molar-refractivity contribution in [1.82, 2.24) is 0 Å². The molecular formula is C13H16FNO3. The molecule has 0 bridgehead atoms. The molecule has 0 radical (unpaired) electrons. The van der Waals surface area contributed by atoms with Crippen molar-refractivity contribution in [1.29, 1.82) is 0 Å². The van der Waals surface area contributed by atoms with Crippen LogP contribution in [0, 0.1) is 5.82 Å². The Labute approximate surface area is 105 Å². The van der Waals surface area contributed by atoms with Gasteiger partial charge in [0.05, 0.1) is 0 Å². The normalized spacial score (nSPS) is 10.3. The van der Waals surface area contributed by atoms with E-state index in [1.54, 1.807) is 0 Å². The second-order valence-corrected chi connectivity index (χ2v) is 4.11. The molecule has 98 valence electrons. The lowest BCUT2D eigenvalue weighted by Gasteiger charge is -2.26. The second kappa shape index (κ2) is 6.14. The van der Waals surface area contributed by atoms with E-state index in [4.69, 9.17) is 0 Å². The van der Waals surface area contributed by atoms with E-state index >= 15 is 0 Å².